The van der Waals surface area contributed by atoms with Crippen molar-refractivity contribution in [3.63, 3.8) is 0 Å². The highest BCUT2D eigenvalue weighted by molar-refractivity contribution is 6.04. The first-order chi connectivity index (χ1) is 14.6. The van der Waals surface area contributed by atoms with Crippen molar-refractivity contribution in [3.05, 3.63) is 83.8 Å². The summed E-state index contributed by atoms with van der Waals surface area (Å²) in [5.41, 5.74) is 1.67. The largest absolute Gasteiger partial charge is 0.513 e. The molecule has 2 amide bonds. The van der Waals surface area contributed by atoms with Gasteiger partial charge in [-0.2, -0.15) is 0 Å². The predicted octanol–water partition coefficient (Wildman–Crippen LogP) is 4.00. The van der Waals surface area contributed by atoms with Crippen LogP contribution in [0.2, 0.25) is 0 Å². The van der Waals surface area contributed by atoms with Crippen molar-refractivity contribution in [2.45, 2.75) is 13.5 Å². The van der Waals surface area contributed by atoms with Crippen molar-refractivity contribution >= 4 is 23.7 Å². The van der Waals surface area contributed by atoms with Crippen LogP contribution < -0.4 is 15.4 Å². The lowest BCUT2D eigenvalue weighted by Crippen LogP contribution is -2.23. The number of para-hydroxylation sites is 1. The van der Waals surface area contributed by atoms with Gasteiger partial charge in [-0.15, -0.1) is 0 Å². The van der Waals surface area contributed by atoms with Crippen LogP contribution in [0.25, 0.3) is 0 Å². The third-order valence-corrected chi connectivity index (χ3v) is 4.03. The number of ether oxygens (including phenoxy) is 2. The number of carbonyl (C=O) groups is 3. The minimum atomic E-state index is -0.805. The summed E-state index contributed by atoms with van der Waals surface area (Å²) in [7, 11) is 0. The number of carbonyl (C=O) groups excluding carboxylic acids is 3. The average molecular weight is 408 g/mol. The van der Waals surface area contributed by atoms with Gasteiger partial charge in [-0.1, -0.05) is 18.2 Å². The number of amides is 2. The molecule has 0 atom stereocenters. The highest BCUT2D eigenvalue weighted by Crippen LogP contribution is 2.18. The van der Waals surface area contributed by atoms with Gasteiger partial charge >= 0.3 is 6.16 Å². The Morgan fingerprint density at radius 2 is 1.70 bits per heavy atom. The van der Waals surface area contributed by atoms with Crippen molar-refractivity contribution in [1.29, 1.82) is 0 Å². The van der Waals surface area contributed by atoms with Crippen LogP contribution in [0.3, 0.4) is 0 Å². The Labute approximate surface area is 172 Å². The Hall–Kier alpha value is -4.07. The molecular weight excluding hydrogens is 388 g/mol. The van der Waals surface area contributed by atoms with E-state index in [0.29, 0.717) is 11.3 Å². The summed E-state index contributed by atoms with van der Waals surface area (Å²) in [5.74, 6) is -0.214. The molecule has 1 aromatic heterocycles. The second-order valence-corrected chi connectivity index (χ2v) is 6.08. The molecule has 0 aliphatic heterocycles. The molecule has 0 radical (unpaired) electrons. The van der Waals surface area contributed by atoms with Gasteiger partial charge in [-0.25, -0.2) is 4.79 Å². The Balaban J connectivity index is 1.62. The first-order valence-corrected chi connectivity index (χ1v) is 9.22. The summed E-state index contributed by atoms with van der Waals surface area (Å²) >= 11 is 0. The van der Waals surface area contributed by atoms with Gasteiger partial charge in [-0.05, 0) is 55.0 Å². The molecule has 0 saturated heterocycles. The number of nitrogens with one attached hydrogen (secondary N) is 2. The lowest BCUT2D eigenvalue weighted by atomic mass is 10.1. The van der Waals surface area contributed by atoms with Crippen LogP contribution in [-0.4, -0.2) is 24.6 Å². The molecule has 2 aromatic carbocycles. The maximum absolute atomic E-state index is 12.6. The van der Waals surface area contributed by atoms with Crippen molar-refractivity contribution < 1.29 is 28.3 Å². The van der Waals surface area contributed by atoms with Gasteiger partial charge in [0.25, 0.3) is 11.8 Å². The van der Waals surface area contributed by atoms with Gasteiger partial charge in [0, 0.05) is 17.8 Å². The van der Waals surface area contributed by atoms with E-state index in [1.165, 1.54) is 30.5 Å². The summed E-state index contributed by atoms with van der Waals surface area (Å²) < 4.78 is 14.7. The molecule has 0 spiro atoms. The molecular formula is C22H20N2O6. The first-order valence-electron chi connectivity index (χ1n) is 9.22. The molecule has 0 bridgehead atoms. The molecule has 2 N–H and O–H groups in total. The second kappa shape index (κ2) is 9.92. The number of benzene rings is 2. The van der Waals surface area contributed by atoms with Crippen LogP contribution in [0, 0.1) is 0 Å². The van der Waals surface area contributed by atoms with Crippen LogP contribution in [0.1, 0.15) is 33.4 Å². The standard InChI is InChI=1S/C22H20N2O6/c1-2-28-22(27)30-17-11-9-15(10-12-17)20(25)24-18-7-4-3-6-16(18)14-23-21(26)19-8-5-13-29-19/h3-13H,2,14H2,1H3,(H,23,26)(H,24,25). The van der Waals surface area contributed by atoms with E-state index in [2.05, 4.69) is 10.6 Å². The normalized spacial score (nSPS) is 10.2. The SMILES string of the molecule is CCOC(=O)Oc1ccc(C(=O)Nc2ccccc2CNC(=O)c2ccco2)cc1. The zero-order valence-corrected chi connectivity index (χ0v) is 16.2. The number of furan rings is 1. The van der Waals surface area contributed by atoms with Crippen molar-refractivity contribution in [2.24, 2.45) is 0 Å². The monoisotopic (exact) mass is 408 g/mol. The molecule has 30 heavy (non-hydrogen) atoms. The summed E-state index contributed by atoms with van der Waals surface area (Å²) in [6, 6.07) is 16.4. The first kappa shape index (κ1) is 20.7. The third-order valence-electron chi connectivity index (χ3n) is 4.03. The van der Waals surface area contributed by atoms with Crippen LogP contribution in [0.4, 0.5) is 10.5 Å². The third kappa shape index (κ3) is 5.48. The molecule has 0 fully saturated rings. The highest BCUT2D eigenvalue weighted by Gasteiger charge is 2.12. The van der Waals surface area contributed by atoms with Crippen LogP contribution in [-0.2, 0) is 11.3 Å². The summed E-state index contributed by atoms with van der Waals surface area (Å²) in [6.45, 7) is 2.10. The highest BCUT2D eigenvalue weighted by atomic mass is 16.7. The van der Waals surface area contributed by atoms with Crippen molar-refractivity contribution in [1.82, 2.24) is 5.32 Å². The number of hydrogen-bond acceptors (Lipinski definition) is 6. The predicted molar refractivity (Wildman–Crippen MR) is 108 cm³/mol. The Morgan fingerprint density at radius 3 is 2.40 bits per heavy atom. The van der Waals surface area contributed by atoms with E-state index in [9.17, 15) is 14.4 Å². The van der Waals surface area contributed by atoms with Gasteiger partial charge in [0.1, 0.15) is 5.75 Å². The Morgan fingerprint density at radius 1 is 0.933 bits per heavy atom. The van der Waals surface area contributed by atoms with Gasteiger partial charge in [0.2, 0.25) is 0 Å². The lowest BCUT2D eigenvalue weighted by Gasteiger charge is -2.12. The van der Waals surface area contributed by atoms with Crippen LogP contribution in [0.5, 0.6) is 5.75 Å². The number of anilines is 1. The molecule has 8 nitrogen and oxygen atoms in total. The van der Waals surface area contributed by atoms with Gasteiger partial charge in [-0.3, -0.25) is 9.59 Å². The number of hydrogen-bond donors (Lipinski definition) is 2. The van der Waals surface area contributed by atoms with E-state index in [-0.39, 0.29) is 36.5 Å². The molecule has 0 saturated carbocycles. The molecule has 8 heteroatoms. The van der Waals surface area contributed by atoms with E-state index >= 15 is 0 Å². The van der Waals surface area contributed by atoms with Crippen molar-refractivity contribution in [3.8, 4) is 5.75 Å². The minimum Gasteiger partial charge on any atom is -0.459 e. The zero-order chi connectivity index (χ0) is 21.3. The van der Waals surface area contributed by atoms with E-state index in [0.717, 1.165) is 5.56 Å². The molecule has 154 valence electrons. The topological polar surface area (TPSA) is 107 Å². The van der Waals surface area contributed by atoms with Gasteiger partial charge < -0.3 is 24.5 Å². The summed E-state index contributed by atoms with van der Waals surface area (Å²) in [6.07, 6.45) is 0.617. The molecule has 0 aliphatic rings. The van der Waals surface area contributed by atoms with Crippen LogP contribution >= 0.6 is 0 Å². The maximum atomic E-state index is 12.6. The van der Waals surface area contributed by atoms with E-state index < -0.39 is 6.16 Å². The fourth-order valence-electron chi connectivity index (χ4n) is 2.58. The summed E-state index contributed by atoms with van der Waals surface area (Å²) in [5, 5.41) is 5.57. The molecule has 3 aromatic rings. The lowest BCUT2D eigenvalue weighted by molar-refractivity contribution is 0.0922. The van der Waals surface area contributed by atoms with E-state index in [4.69, 9.17) is 13.9 Å². The molecule has 3 rings (SSSR count). The maximum Gasteiger partial charge on any atom is 0.513 e. The second-order valence-electron chi connectivity index (χ2n) is 6.08. The van der Waals surface area contributed by atoms with Gasteiger partial charge in [0.15, 0.2) is 5.76 Å². The molecule has 0 unspecified atom stereocenters. The number of rotatable bonds is 7. The smallest absolute Gasteiger partial charge is 0.459 e. The quantitative estimate of drug-likeness (QED) is 0.452. The molecule has 0 aliphatic carbocycles. The average Bonchev–Trinajstić information content (AvgIpc) is 3.28. The van der Waals surface area contributed by atoms with E-state index in [1.54, 1.807) is 37.3 Å². The van der Waals surface area contributed by atoms with Crippen molar-refractivity contribution in [2.75, 3.05) is 11.9 Å². The Kier molecular flexibility index (Phi) is 6.83. The fourth-order valence-corrected chi connectivity index (χ4v) is 2.58. The van der Waals surface area contributed by atoms with Crippen LogP contribution in [0.15, 0.2) is 71.3 Å². The Bertz CT molecular complexity index is 1010. The minimum absolute atomic E-state index is 0.209. The fraction of sp³-hybridized carbons (Fsp3) is 0.136. The molecule has 1 heterocycles. The zero-order valence-electron chi connectivity index (χ0n) is 16.2. The van der Waals surface area contributed by atoms with E-state index in [1.807, 2.05) is 6.07 Å². The summed E-state index contributed by atoms with van der Waals surface area (Å²) in [4.78, 5) is 36.0. The van der Waals surface area contributed by atoms with Gasteiger partial charge in [0.05, 0.1) is 12.9 Å².